The molecule has 0 aromatic heterocycles. The standard InChI is InChI=1S/C17H19F5O9S/c18-16(19,20)12(23)28-6-11-7-29-15(30-11)9-1-8-2-10(15)5-14(3-8,4-9)31-13(24)17(21,22)32(25,26)27/h8-11H,1-7H2,(H,25,26,27). The molecule has 32 heavy (non-hydrogen) atoms. The third-order valence-electron chi connectivity index (χ3n) is 6.62. The fourth-order valence-corrected chi connectivity index (χ4v) is 5.91. The fraction of sp³-hybridized carbons (Fsp3) is 0.882. The van der Waals surface area contributed by atoms with Gasteiger partial charge in [0.25, 0.3) is 0 Å². The zero-order chi connectivity index (χ0) is 23.7. The Bertz CT molecular complexity index is 902. The van der Waals surface area contributed by atoms with Crippen LogP contribution in [0.25, 0.3) is 0 Å². The Hall–Kier alpha value is -1.58. The van der Waals surface area contributed by atoms with Crippen molar-refractivity contribution in [2.75, 3.05) is 13.2 Å². The Morgan fingerprint density at radius 2 is 1.62 bits per heavy atom. The lowest BCUT2D eigenvalue weighted by atomic mass is 9.51. The Morgan fingerprint density at radius 1 is 1.03 bits per heavy atom. The number of hydrogen-bond acceptors (Lipinski definition) is 8. The highest BCUT2D eigenvalue weighted by Crippen LogP contribution is 2.64. The molecule has 0 aromatic carbocycles. The van der Waals surface area contributed by atoms with E-state index in [1.807, 2.05) is 0 Å². The van der Waals surface area contributed by atoms with Gasteiger partial charge in [0.2, 0.25) is 0 Å². The first-order valence-corrected chi connectivity index (χ1v) is 11.2. The minimum absolute atomic E-state index is 0.00234. The van der Waals surface area contributed by atoms with Crippen LogP contribution in [0.5, 0.6) is 0 Å². The van der Waals surface area contributed by atoms with Crippen LogP contribution in [-0.2, 0) is 38.7 Å². The van der Waals surface area contributed by atoms with Crippen LogP contribution < -0.4 is 0 Å². The molecule has 3 unspecified atom stereocenters. The van der Waals surface area contributed by atoms with Gasteiger partial charge in [-0.1, -0.05) is 0 Å². The van der Waals surface area contributed by atoms with Crippen LogP contribution in [0.4, 0.5) is 22.0 Å². The third kappa shape index (κ3) is 3.76. The Labute approximate surface area is 178 Å². The van der Waals surface area contributed by atoms with Crippen molar-refractivity contribution in [3.8, 4) is 0 Å². The maximum Gasteiger partial charge on any atom is 0.490 e. The second-order valence-corrected chi connectivity index (χ2v) is 10.2. The van der Waals surface area contributed by atoms with Crippen molar-refractivity contribution in [2.24, 2.45) is 17.8 Å². The molecule has 1 heterocycles. The van der Waals surface area contributed by atoms with Gasteiger partial charge in [-0.05, 0) is 38.0 Å². The summed E-state index contributed by atoms with van der Waals surface area (Å²) in [6, 6.07) is 0. The molecule has 4 bridgehead atoms. The van der Waals surface area contributed by atoms with Crippen molar-refractivity contribution in [3.63, 3.8) is 0 Å². The second-order valence-electron chi connectivity index (χ2n) is 8.78. The first kappa shape index (κ1) is 23.6. The molecule has 0 radical (unpaired) electrons. The van der Waals surface area contributed by atoms with Crippen LogP contribution in [0.2, 0.25) is 0 Å². The number of carbonyl (C=O) groups excluding carboxylic acids is 2. The summed E-state index contributed by atoms with van der Waals surface area (Å²) >= 11 is 0. The van der Waals surface area contributed by atoms with Gasteiger partial charge in [0.05, 0.1) is 6.61 Å². The predicted octanol–water partition coefficient (Wildman–Crippen LogP) is 1.81. The highest BCUT2D eigenvalue weighted by molar-refractivity contribution is 7.87. The van der Waals surface area contributed by atoms with Gasteiger partial charge in [0, 0.05) is 11.8 Å². The minimum atomic E-state index is -6.02. The Balaban J connectivity index is 1.45. The highest BCUT2D eigenvalue weighted by Gasteiger charge is 2.68. The first-order chi connectivity index (χ1) is 14.6. The molecule has 9 nitrogen and oxygen atoms in total. The molecule has 3 atom stereocenters. The number of hydrogen-bond donors (Lipinski definition) is 1. The van der Waals surface area contributed by atoms with E-state index in [1.54, 1.807) is 0 Å². The van der Waals surface area contributed by atoms with E-state index < -0.39 is 69.4 Å². The molecule has 4 aliphatic carbocycles. The van der Waals surface area contributed by atoms with Crippen LogP contribution in [0.3, 0.4) is 0 Å². The van der Waals surface area contributed by atoms with Gasteiger partial charge in [-0.3, -0.25) is 4.55 Å². The summed E-state index contributed by atoms with van der Waals surface area (Å²) in [5, 5.41) is -5.12. The molecule has 1 saturated heterocycles. The van der Waals surface area contributed by atoms with E-state index in [2.05, 4.69) is 4.74 Å². The Morgan fingerprint density at radius 3 is 2.16 bits per heavy atom. The number of alkyl halides is 5. The summed E-state index contributed by atoms with van der Waals surface area (Å²) in [5.41, 5.74) is -1.40. The predicted molar refractivity (Wildman–Crippen MR) is 89.4 cm³/mol. The van der Waals surface area contributed by atoms with Gasteiger partial charge in [-0.25, -0.2) is 9.59 Å². The molecule has 1 aliphatic heterocycles. The monoisotopic (exact) mass is 494 g/mol. The van der Waals surface area contributed by atoms with Gasteiger partial charge in [0.1, 0.15) is 18.3 Å². The summed E-state index contributed by atoms with van der Waals surface area (Å²) < 4.78 is 116. The lowest BCUT2D eigenvalue weighted by Crippen LogP contribution is -2.65. The molecule has 0 amide bonds. The summed E-state index contributed by atoms with van der Waals surface area (Å²) in [6.45, 7) is -0.847. The molecule has 15 heteroatoms. The maximum atomic E-state index is 13.7. The molecule has 5 aliphatic rings. The number of halogens is 5. The van der Waals surface area contributed by atoms with Crippen LogP contribution in [0, 0.1) is 17.8 Å². The molecule has 5 rings (SSSR count). The largest absolute Gasteiger partial charge is 0.490 e. The number of carbonyl (C=O) groups is 2. The lowest BCUT2D eigenvalue weighted by Gasteiger charge is -2.62. The van der Waals surface area contributed by atoms with E-state index in [-0.39, 0.29) is 31.8 Å². The van der Waals surface area contributed by atoms with Gasteiger partial charge >= 0.3 is 33.5 Å². The molecule has 1 N–H and O–H groups in total. The number of ether oxygens (including phenoxy) is 4. The smallest absolute Gasteiger partial charge is 0.456 e. The van der Waals surface area contributed by atoms with Crippen LogP contribution >= 0.6 is 0 Å². The number of esters is 2. The van der Waals surface area contributed by atoms with Crippen molar-refractivity contribution >= 4 is 22.1 Å². The van der Waals surface area contributed by atoms with E-state index >= 15 is 0 Å². The van der Waals surface area contributed by atoms with Gasteiger partial charge in [0.15, 0.2) is 5.79 Å². The van der Waals surface area contributed by atoms with Gasteiger partial charge in [-0.15, -0.1) is 0 Å². The quantitative estimate of drug-likeness (QED) is 0.346. The van der Waals surface area contributed by atoms with Gasteiger partial charge in [-0.2, -0.15) is 30.4 Å². The zero-order valence-electron chi connectivity index (χ0n) is 16.3. The fourth-order valence-electron chi connectivity index (χ4n) is 5.65. The van der Waals surface area contributed by atoms with Crippen LogP contribution in [0.1, 0.15) is 32.1 Å². The van der Waals surface area contributed by atoms with Crippen LogP contribution in [-0.4, -0.2) is 67.0 Å². The molecular formula is C17H19F5O9S. The summed E-state index contributed by atoms with van der Waals surface area (Å²) in [4.78, 5) is 22.8. The molecule has 5 fully saturated rings. The van der Waals surface area contributed by atoms with Crippen LogP contribution in [0.15, 0.2) is 0 Å². The van der Waals surface area contributed by atoms with E-state index in [0.29, 0.717) is 12.8 Å². The zero-order valence-corrected chi connectivity index (χ0v) is 17.1. The first-order valence-electron chi connectivity index (χ1n) is 9.72. The topological polar surface area (TPSA) is 125 Å². The number of rotatable bonds is 5. The highest BCUT2D eigenvalue weighted by atomic mass is 32.2. The van der Waals surface area contributed by atoms with Crippen molar-refractivity contribution in [1.82, 2.24) is 0 Å². The van der Waals surface area contributed by atoms with Crippen molar-refractivity contribution in [3.05, 3.63) is 0 Å². The molecule has 1 spiro atoms. The Kier molecular flexibility index (Phi) is 5.31. The minimum Gasteiger partial charge on any atom is -0.456 e. The molecule has 0 aromatic rings. The lowest BCUT2D eigenvalue weighted by molar-refractivity contribution is -0.322. The van der Waals surface area contributed by atoms with Crippen molar-refractivity contribution in [1.29, 1.82) is 0 Å². The normalized spacial score (nSPS) is 38.8. The SMILES string of the molecule is O=C(OCC1COC2(O1)C1CC3CC2CC(OC(=O)C(F)(F)S(=O)(=O)O)(C3)C1)C(F)(F)F. The summed E-state index contributed by atoms with van der Waals surface area (Å²) in [5.74, 6) is -6.99. The average molecular weight is 494 g/mol. The summed E-state index contributed by atoms with van der Waals surface area (Å²) in [7, 11) is -6.02. The second kappa shape index (κ2) is 7.21. The van der Waals surface area contributed by atoms with E-state index in [1.165, 1.54) is 0 Å². The van der Waals surface area contributed by atoms with Gasteiger partial charge < -0.3 is 18.9 Å². The molecular weight excluding hydrogens is 475 g/mol. The van der Waals surface area contributed by atoms with E-state index in [0.717, 1.165) is 0 Å². The van der Waals surface area contributed by atoms with Crippen molar-refractivity contribution < 1.29 is 63.5 Å². The van der Waals surface area contributed by atoms with Crippen molar-refractivity contribution in [2.45, 2.75) is 61.0 Å². The maximum absolute atomic E-state index is 13.7. The van der Waals surface area contributed by atoms with E-state index in [4.69, 9.17) is 18.8 Å². The molecule has 4 saturated carbocycles. The average Bonchev–Trinajstić information content (AvgIpc) is 3.07. The van der Waals surface area contributed by atoms with E-state index in [9.17, 15) is 40.0 Å². The third-order valence-corrected chi connectivity index (χ3v) is 7.43. The molecule has 182 valence electrons. The summed E-state index contributed by atoms with van der Waals surface area (Å²) in [6.07, 6.45) is -4.87.